The van der Waals surface area contributed by atoms with Gasteiger partial charge in [0.15, 0.2) is 0 Å². The summed E-state index contributed by atoms with van der Waals surface area (Å²) in [5.41, 5.74) is 5.69. The molecule has 27 heavy (non-hydrogen) atoms. The summed E-state index contributed by atoms with van der Waals surface area (Å²) in [5.74, 6) is -0.318. The van der Waals surface area contributed by atoms with Gasteiger partial charge in [-0.1, -0.05) is 35.9 Å². The van der Waals surface area contributed by atoms with E-state index in [1.54, 1.807) is 17.0 Å². The van der Waals surface area contributed by atoms with Crippen molar-refractivity contribution in [1.29, 1.82) is 0 Å². The third-order valence-corrected chi connectivity index (χ3v) is 5.09. The number of nitrogens with one attached hydrogen (secondary N) is 1. The Labute approximate surface area is 161 Å². The van der Waals surface area contributed by atoms with Gasteiger partial charge >= 0.3 is 5.97 Å². The van der Waals surface area contributed by atoms with E-state index in [-0.39, 0.29) is 5.97 Å². The average Bonchev–Trinajstić information content (AvgIpc) is 2.69. The van der Waals surface area contributed by atoms with Crippen LogP contribution in [0.15, 0.2) is 47.6 Å². The van der Waals surface area contributed by atoms with Gasteiger partial charge in [0.1, 0.15) is 6.54 Å². The maximum absolute atomic E-state index is 11.5. The molecule has 0 aliphatic carbocycles. The van der Waals surface area contributed by atoms with Crippen molar-refractivity contribution >= 4 is 12.2 Å². The number of nitrogens with zero attached hydrogens (tertiary/aromatic N) is 2. The lowest BCUT2D eigenvalue weighted by molar-refractivity contribution is -0.918. The molecule has 1 heterocycles. The van der Waals surface area contributed by atoms with E-state index in [0.717, 1.165) is 38.3 Å². The van der Waals surface area contributed by atoms with Crippen LogP contribution < -0.4 is 4.90 Å². The monoisotopic (exact) mass is 366 g/mol. The third-order valence-electron chi connectivity index (χ3n) is 5.09. The predicted octanol–water partition coefficient (Wildman–Crippen LogP) is 1.82. The highest BCUT2D eigenvalue weighted by atomic mass is 16.5. The van der Waals surface area contributed by atoms with Crippen LogP contribution in [0.4, 0.5) is 0 Å². The first kappa shape index (κ1) is 19.1. The van der Waals surface area contributed by atoms with E-state index in [9.17, 15) is 4.79 Å². The number of piperazine rings is 1. The minimum absolute atomic E-state index is 0.318. The van der Waals surface area contributed by atoms with Crippen molar-refractivity contribution in [3.05, 3.63) is 70.3 Å². The number of esters is 1. The SMILES string of the molecule is COC(=O)c1ccc(/C=N\N2CC[NH+](Cc3ccc(C)cc3C)CC2)cc1. The number of methoxy groups -OCH3 is 1. The molecular formula is C22H28N3O2+. The fourth-order valence-corrected chi connectivity index (χ4v) is 3.39. The van der Waals surface area contributed by atoms with Crippen molar-refractivity contribution < 1.29 is 14.4 Å². The van der Waals surface area contributed by atoms with Crippen LogP contribution in [0, 0.1) is 13.8 Å². The van der Waals surface area contributed by atoms with Crippen molar-refractivity contribution in [3.8, 4) is 0 Å². The zero-order chi connectivity index (χ0) is 19.2. The fraction of sp³-hybridized carbons (Fsp3) is 0.364. The lowest BCUT2D eigenvalue weighted by Crippen LogP contribution is -3.13. The van der Waals surface area contributed by atoms with Crippen molar-refractivity contribution in [2.75, 3.05) is 33.3 Å². The smallest absolute Gasteiger partial charge is 0.337 e. The maximum atomic E-state index is 11.5. The van der Waals surface area contributed by atoms with Gasteiger partial charge in [0.2, 0.25) is 0 Å². The molecule has 1 saturated heterocycles. The summed E-state index contributed by atoms with van der Waals surface area (Å²) in [6, 6.07) is 14.0. The molecule has 2 aromatic carbocycles. The van der Waals surface area contributed by atoms with Gasteiger partial charge in [-0.05, 0) is 37.1 Å². The molecule has 142 valence electrons. The molecule has 0 spiro atoms. The second-order valence-corrected chi connectivity index (χ2v) is 7.17. The van der Waals surface area contributed by atoms with Gasteiger partial charge in [-0.15, -0.1) is 0 Å². The van der Waals surface area contributed by atoms with Crippen molar-refractivity contribution in [2.24, 2.45) is 5.10 Å². The number of quaternary nitrogens is 1. The van der Waals surface area contributed by atoms with Crippen molar-refractivity contribution in [3.63, 3.8) is 0 Å². The number of hydrogen-bond acceptors (Lipinski definition) is 4. The van der Waals surface area contributed by atoms with E-state index in [0.29, 0.717) is 5.56 Å². The first-order chi connectivity index (χ1) is 13.0. The van der Waals surface area contributed by atoms with Crippen LogP contribution in [-0.2, 0) is 11.3 Å². The highest BCUT2D eigenvalue weighted by Crippen LogP contribution is 2.09. The minimum atomic E-state index is -0.318. The van der Waals surface area contributed by atoms with E-state index in [1.165, 1.54) is 23.8 Å². The second kappa shape index (κ2) is 8.82. The molecule has 1 aliphatic rings. The molecule has 1 N–H and O–H groups in total. The summed E-state index contributed by atoms with van der Waals surface area (Å²) in [6.07, 6.45) is 1.86. The number of hydrazone groups is 1. The molecule has 0 bridgehead atoms. The van der Waals surface area contributed by atoms with Gasteiger partial charge in [-0.2, -0.15) is 5.10 Å². The first-order valence-corrected chi connectivity index (χ1v) is 9.42. The predicted molar refractivity (Wildman–Crippen MR) is 107 cm³/mol. The zero-order valence-electron chi connectivity index (χ0n) is 16.4. The normalized spacial score (nSPS) is 15.3. The average molecular weight is 366 g/mol. The Morgan fingerprint density at radius 3 is 2.48 bits per heavy atom. The number of hydrogen-bond donors (Lipinski definition) is 1. The number of benzene rings is 2. The molecule has 3 rings (SSSR count). The Hall–Kier alpha value is -2.66. The summed E-state index contributed by atoms with van der Waals surface area (Å²) in [7, 11) is 1.39. The van der Waals surface area contributed by atoms with Gasteiger partial charge < -0.3 is 9.64 Å². The van der Waals surface area contributed by atoms with E-state index in [1.807, 2.05) is 18.3 Å². The Bertz CT molecular complexity index is 807. The molecule has 1 aliphatic heterocycles. The molecule has 0 amide bonds. The Morgan fingerprint density at radius 1 is 1.15 bits per heavy atom. The molecule has 0 aromatic heterocycles. The molecule has 0 radical (unpaired) electrons. The molecule has 5 heteroatoms. The molecule has 1 fully saturated rings. The summed E-state index contributed by atoms with van der Waals surface area (Å²) in [5, 5.41) is 6.72. The number of rotatable bonds is 5. The number of ether oxygens (including phenoxy) is 1. The van der Waals surface area contributed by atoms with E-state index in [4.69, 9.17) is 4.74 Å². The topological polar surface area (TPSA) is 46.3 Å². The first-order valence-electron chi connectivity index (χ1n) is 9.42. The van der Waals surface area contributed by atoms with E-state index >= 15 is 0 Å². The van der Waals surface area contributed by atoms with Crippen LogP contribution in [-0.4, -0.2) is 50.5 Å². The maximum Gasteiger partial charge on any atom is 0.337 e. The molecule has 0 saturated carbocycles. The largest absolute Gasteiger partial charge is 0.465 e. The zero-order valence-corrected chi connectivity index (χ0v) is 16.4. The molecular weight excluding hydrogens is 338 g/mol. The molecule has 2 aromatic rings. The standard InChI is InChI=1S/C22H27N3O2/c1-17-4-7-21(18(2)14-17)16-24-10-12-25(13-11-24)23-15-19-5-8-20(9-6-19)22(26)27-3/h4-9,14-15H,10-13,16H2,1-3H3/p+1/b23-15-. The van der Waals surface area contributed by atoms with Gasteiger partial charge in [0, 0.05) is 5.56 Å². The van der Waals surface area contributed by atoms with Crippen LogP contribution in [0.3, 0.4) is 0 Å². The van der Waals surface area contributed by atoms with Gasteiger partial charge in [0.05, 0.1) is 45.1 Å². The van der Waals surface area contributed by atoms with Crippen LogP contribution in [0.25, 0.3) is 0 Å². The van der Waals surface area contributed by atoms with Crippen LogP contribution in [0.2, 0.25) is 0 Å². The number of carbonyl (C=O) groups excluding carboxylic acids is 1. The van der Waals surface area contributed by atoms with E-state index in [2.05, 4.69) is 42.2 Å². The lowest BCUT2D eigenvalue weighted by atomic mass is 10.1. The van der Waals surface area contributed by atoms with Crippen molar-refractivity contribution in [1.82, 2.24) is 5.01 Å². The Morgan fingerprint density at radius 2 is 1.85 bits per heavy atom. The molecule has 5 nitrogen and oxygen atoms in total. The third kappa shape index (κ3) is 5.17. The lowest BCUT2D eigenvalue weighted by Gasteiger charge is -2.30. The van der Waals surface area contributed by atoms with Crippen LogP contribution in [0.5, 0.6) is 0 Å². The van der Waals surface area contributed by atoms with Gasteiger partial charge in [0.25, 0.3) is 0 Å². The van der Waals surface area contributed by atoms with Crippen molar-refractivity contribution in [2.45, 2.75) is 20.4 Å². The summed E-state index contributed by atoms with van der Waals surface area (Å²) >= 11 is 0. The Balaban J connectivity index is 1.50. The number of carbonyl (C=O) groups is 1. The fourth-order valence-electron chi connectivity index (χ4n) is 3.39. The van der Waals surface area contributed by atoms with Crippen LogP contribution in [0.1, 0.15) is 32.6 Å². The van der Waals surface area contributed by atoms with Crippen LogP contribution >= 0.6 is 0 Å². The summed E-state index contributed by atoms with van der Waals surface area (Å²) in [6.45, 7) is 9.52. The van der Waals surface area contributed by atoms with E-state index < -0.39 is 0 Å². The summed E-state index contributed by atoms with van der Waals surface area (Å²) in [4.78, 5) is 13.1. The number of aryl methyl sites for hydroxylation is 2. The molecule has 0 atom stereocenters. The quantitative estimate of drug-likeness (QED) is 0.649. The minimum Gasteiger partial charge on any atom is -0.465 e. The van der Waals surface area contributed by atoms with Gasteiger partial charge in [-0.3, -0.25) is 5.01 Å². The highest BCUT2D eigenvalue weighted by molar-refractivity contribution is 5.90. The van der Waals surface area contributed by atoms with Gasteiger partial charge in [-0.25, -0.2) is 4.79 Å². The highest BCUT2D eigenvalue weighted by Gasteiger charge is 2.19. The molecule has 0 unspecified atom stereocenters. The second-order valence-electron chi connectivity index (χ2n) is 7.17. The Kier molecular flexibility index (Phi) is 6.24. The summed E-state index contributed by atoms with van der Waals surface area (Å²) < 4.78 is 4.71.